The van der Waals surface area contributed by atoms with Crippen LogP contribution in [0.4, 0.5) is 8.78 Å². The molecule has 1 aromatic heterocycles. The topological polar surface area (TPSA) is 81.2 Å². The summed E-state index contributed by atoms with van der Waals surface area (Å²) in [6, 6.07) is 0. The molecule has 0 radical (unpaired) electrons. The summed E-state index contributed by atoms with van der Waals surface area (Å²) >= 11 is 0.286. The van der Waals surface area contributed by atoms with Crippen LogP contribution in [0.3, 0.4) is 0 Å². The minimum absolute atomic E-state index is 0.0122. The second-order valence-electron chi connectivity index (χ2n) is 5.89. The van der Waals surface area contributed by atoms with Crippen molar-refractivity contribution < 1.29 is 23.1 Å². The normalized spacial score (nSPS) is 11.0. The van der Waals surface area contributed by atoms with Crippen molar-refractivity contribution in [3.8, 4) is 0 Å². The molecule has 0 aliphatic carbocycles. The maximum absolute atomic E-state index is 12.4. The Bertz CT molecular complexity index is 589. The van der Waals surface area contributed by atoms with Crippen molar-refractivity contribution in [3.63, 3.8) is 0 Å². The van der Waals surface area contributed by atoms with Gasteiger partial charge in [0.05, 0.1) is 0 Å². The van der Waals surface area contributed by atoms with Gasteiger partial charge in [-0.25, -0.2) is 9.97 Å². The zero-order chi connectivity index (χ0) is 19.0. The molecule has 0 saturated carbocycles. The largest absolute Gasteiger partial charge is 0.456 e. The molecule has 1 heterocycles. The van der Waals surface area contributed by atoms with Gasteiger partial charge in [0.15, 0.2) is 11.8 Å². The van der Waals surface area contributed by atoms with Crippen LogP contribution in [0, 0.1) is 19.8 Å². The number of esters is 1. The van der Waals surface area contributed by atoms with Crippen molar-refractivity contribution in [2.24, 2.45) is 5.92 Å². The lowest BCUT2D eigenvalue weighted by Crippen LogP contribution is -2.31. The molecule has 9 heteroatoms. The number of nitrogens with one attached hydrogen (secondary N) is 1. The van der Waals surface area contributed by atoms with Gasteiger partial charge in [-0.2, -0.15) is 8.78 Å². The summed E-state index contributed by atoms with van der Waals surface area (Å²) < 4.78 is 29.7. The molecule has 1 aromatic rings. The van der Waals surface area contributed by atoms with Crippen LogP contribution < -0.4 is 5.32 Å². The van der Waals surface area contributed by atoms with E-state index in [4.69, 9.17) is 4.74 Å². The Balaban J connectivity index is 2.49. The van der Waals surface area contributed by atoms with Crippen molar-refractivity contribution in [2.75, 3.05) is 13.2 Å². The molecule has 0 aliphatic rings. The number of halogens is 2. The van der Waals surface area contributed by atoms with Crippen molar-refractivity contribution in [3.05, 3.63) is 17.0 Å². The standard InChI is InChI=1S/C16H23F2N3O3S/c1-9(2)7-19-13(22)8-24-14(23)6-5-12-10(3)20-16(21-11(12)4)25-15(17)18/h9,15H,5-8H2,1-4H3,(H,19,22). The lowest BCUT2D eigenvalue weighted by atomic mass is 10.1. The van der Waals surface area contributed by atoms with E-state index in [1.165, 1.54) is 0 Å². The van der Waals surface area contributed by atoms with Gasteiger partial charge in [-0.1, -0.05) is 13.8 Å². The number of amides is 1. The second kappa shape index (κ2) is 10.3. The van der Waals surface area contributed by atoms with Gasteiger partial charge in [0, 0.05) is 24.4 Å². The van der Waals surface area contributed by atoms with Gasteiger partial charge in [0.25, 0.3) is 11.7 Å². The molecule has 0 aromatic carbocycles. The Labute approximate surface area is 150 Å². The van der Waals surface area contributed by atoms with E-state index in [1.54, 1.807) is 13.8 Å². The fourth-order valence-corrected chi connectivity index (χ4v) is 2.56. The average Bonchev–Trinajstić information content (AvgIpc) is 2.49. The van der Waals surface area contributed by atoms with Crippen molar-refractivity contribution in [1.82, 2.24) is 15.3 Å². The Kier molecular flexibility index (Phi) is 8.74. The van der Waals surface area contributed by atoms with Gasteiger partial charge >= 0.3 is 5.97 Å². The third kappa shape index (κ3) is 8.24. The van der Waals surface area contributed by atoms with Crippen LogP contribution in [0.15, 0.2) is 5.16 Å². The van der Waals surface area contributed by atoms with Crippen molar-refractivity contribution in [1.29, 1.82) is 0 Å². The molecule has 25 heavy (non-hydrogen) atoms. The minimum atomic E-state index is -2.58. The zero-order valence-electron chi connectivity index (χ0n) is 14.8. The predicted molar refractivity (Wildman–Crippen MR) is 90.5 cm³/mol. The number of aryl methyl sites for hydroxylation is 2. The highest BCUT2D eigenvalue weighted by atomic mass is 32.2. The highest BCUT2D eigenvalue weighted by molar-refractivity contribution is 7.99. The first-order valence-electron chi connectivity index (χ1n) is 7.90. The summed E-state index contributed by atoms with van der Waals surface area (Å²) in [4.78, 5) is 31.3. The molecule has 1 amide bonds. The van der Waals surface area contributed by atoms with Gasteiger partial charge in [-0.15, -0.1) is 0 Å². The molecule has 0 atom stereocenters. The van der Waals surface area contributed by atoms with Crippen LogP contribution in [0.1, 0.15) is 37.2 Å². The van der Waals surface area contributed by atoms with Crippen LogP contribution in [0.5, 0.6) is 0 Å². The Morgan fingerprint density at radius 3 is 2.32 bits per heavy atom. The summed E-state index contributed by atoms with van der Waals surface area (Å²) in [5.41, 5.74) is 1.83. The predicted octanol–water partition coefficient (Wildman–Crippen LogP) is 2.66. The minimum Gasteiger partial charge on any atom is -0.456 e. The first-order chi connectivity index (χ1) is 11.7. The number of nitrogens with zero attached hydrogens (tertiary/aromatic N) is 2. The molecule has 0 spiro atoms. The van der Waals surface area contributed by atoms with E-state index >= 15 is 0 Å². The molecule has 0 fully saturated rings. The lowest BCUT2D eigenvalue weighted by molar-refractivity contribution is -0.148. The number of rotatable bonds is 9. The number of thioether (sulfide) groups is 1. The van der Waals surface area contributed by atoms with Gasteiger partial charge < -0.3 is 10.1 Å². The fraction of sp³-hybridized carbons (Fsp3) is 0.625. The number of ether oxygens (including phenoxy) is 1. The molecule has 0 saturated heterocycles. The number of aromatic nitrogens is 2. The van der Waals surface area contributed by atoms with E-state index in [9.17, 15) is 18.4 Å². The molecular formula is C16H23F2N3O3S. The summed E-state index contributed by atoms with van der Waals surface area (Å²) in [7, 11) is 0. The number of carbonyl (C=O) groups excluding carboxylic acids is 2. The Hall–Kier alpha value is -1.77. The number of hydrogen-bond acceptors (Lipinski definition) is 6. The zero-order valence-corrected chi connectivity index (χ0v) is 15.6. The Morgan fingerprint density at radius 1 is 1.20 bits per heavy atom. The maximum Gasteiger partial charge on any atom is 0.306 e. The number of hydrogen-bond donors (Lipinski definition) is 1. The molecule has 0 bridgehead atoms. The molecule has 1 N–H and O–H groups in total. The van der Waals surface area contributed by atoms with E-state index in [-0.39, 0.29) is 35.9 Å². The first kappa shape index (κ1) is 21.3. The number of carbonyl (C=O) groups is 2. The highest BCUT2D eigenvalue weighted by Crippen LogP contribution is 2.24. The SMILES string of the molecule is Cc1nc(SC(F)F)nc(C)c1CCC(=O)OCC(=O)NCC(C)C. The highest BCUT2D eigenvalue weighted by Gasteiger charge is 2.15. The summed E-state index contributed by atoms with van der Waals surface area (Å²) in [5.74, 6) is -3.12. The van der Waals surface area contributed by atoms with Gasteiger partial charge in [-0.3, -0.25) is 9.59 Å². The molecule has 0 aliphatic heterocycles. The third-order valence-electron chi connectivity index (χ3n) is 3.25. The molecule has 1 rings (SSSR count). The van der Waals surface area contributed by atoms with Gasteiger partial charge in [0.1, 0.15) is 0 Å². The van der Waals surface area contributed by atoms with E-state index < -0.39 is 11.7 Å². The second-order valence-corrected chi connectivity index (χ2v) is 6.85. The van der Waals surface area contributed by atoms with E-state index in [0.29, 0.717) is 30.3 Å². The van der Waals surface area contributed by atoms with E-state index in [1.807, 2.05) is 13.8 Å². The smallest absolute Gasteiger partial charge is 0.306 e. The van der Waals surface area contributed by atoms with E-state index in [2.05, 4.69) is 15.3 Å². The fourth-order valence-electron chi connectivity index (χ4n) is 2.02. The van der Waals surface area contributed by atoms with Gasteiger partial charge in [-0.05, 0) is 43.5 Å². The number of alkyl halides is 2. The summed E-state index contributed by atoms with van der Waals surface area (Å²) in [6.45, 7) is 7.50. The Morgan fingerprint density at radius 2 is 1.80 bits per heavy atom. The quantitative estimate of drug-likeness (QED) is 0.406. The van der Waals surface area contributed by atoms with Crippen LogP contribution in [0.25, 0.3) is 0 Å². The molecule has 140 valence electrons. The first-order valence-corrected chi connectivity index (χ1v) is 8.78. The monoisotopic (exact) mass is 375 g/mol. The van der Waals surface area contributed by atoms with Crippen LogP contribution in [-0.4, -0.2) is 40.8 Å². The van der Waals surface area contributed by atoms with Crippen LogP contribution >= 0.6 is 11.8 Å². The summed E-state index contributed by atoms with van der Waals surface area (Å²) in [6.07, 6.45) is 0.383. The lowest BCUT2D eigenvalue weighted by Gasteiger charge is -2.11. The molecule has 0 unspecified atom stereocenters. The summed E-state index contributed by atoms with van der Waals surface area (Å²) in [5, 5.41) is 2.66. The van der Waals surface area contributed by atoms with E-state index in [0.717, 1.165) is 5.56 Å². The maximum atomic E-state index is 12.4. The molecular weight excluding hydrogens is 352 g/mol. The van der Waals surface area contributed by atoms with Gasteiger partial charge in [0.2, 0.25) is 0 Å². The van der Waals surface area contributed by atoms with Crippen molar-refractivity contribution >= 4 is 23.6 Å². The third-order valence-corrected chi connectivity index (χ3v) is 3.82. The average molecular weight is 375 g/mol. The van der Waals surface area contributed by atoms with Crippen molar-refractivity contribution in [2.45, 2.75) is 51.5 Å². The van der Waals surface area contributed by atoms with Crippen LogP contribution in [0.2, 0.25) is 0 Å². The van der Waals surface area contributed by atoms with Crippen LogP contribution in [-0.2, 0) is 20.7 Å². The molecule has 6 nitrogen and oxygen atoms in total.